The van der Waals surface area contributed by atoms with Crippen molar-refractivity contribution >= 4 is 11.7 Å². The summed E-state index contributed by atoms with van der Waals surface area (Å²) in [4.78, 5) is 18.3. The van der Waals surface area contributed by atoms with Crippen LogP contribution in [0.2, 0.25) is 0 Å². The molecule has 0 radical (unpaired) electrons. The molecular weight excluding hydrogens is 190 g/mol. The number of hydrogen-bond acceptors (Lipinski definition) is 3. The van der Waals surface area contributed by atoms with Crippen molar-refractivity contribution in [2.45, 2.75) is 39.2 Å². The molecule has 86 valence electrons. The summed E-state index contributed by atoms with van der Waals surface area (Å²) in [5.74, 6) is 0.868. The zero-order valence-electron chi connectivity index (χ0n) is 10.1. The lowest BCUT2D eigenvalue weighted by Gasteiger charge is -2.33. The zero-order chi connectivity index (χ0) is 11.5. The van der Waals surface area contributed by atoms with Crippen LogP contribution in [0.3, 0.4) is 0 Å². The third kappa shape index (κ3) is 2.37. The molecule has 0 aliphatic carbocycles. The lowest BCUT2D eigenvalue weighted by molar-refractivity contribution is -0.125. The molecule has 0 aromatic rings. The molecule has 2 aliphatic rings. The van der Waals surface area contributed by atoms with E-state index in [4.69, 9.17) is 0 Å². The number of nitrogens with one attached hydrogen (secondary N) is 1. The first kappa shape index (κ1) is 12.2. The van der Waals surface area contributed by atoms with E-state index in [1.165, 1.54) is 0 Å². The first-order valence-electron chi connectivity index (χ1n) is 5.69. The van der Waals surface area contributed by atoms with E-state index >= 15 is 0 Å². The van der Waals surface area contributed by atoms with Crippen molar-refractivity contribution in [3.8, 4) is 0 Å². The highest BCUT2D eigenvalue weighted by molar-refractivity contribution is 6.07. The second-order valence-corrected chi connectivity index (χ2v) is 3.99. The number of aliphatic imine (C=N–C) groups is 1. The number of likely N-dealkylation sites (tertiary alicyclic amines) is 1. The van der Waals surface area contributed by atoms with Crippen molar-refractivity contribution in [3.05, 3.63) is 0 Å². The summed E-state index contributed by atoms with van der Waals surface area (Å²) in [6.07, 6.45) is 1.71. The molecule has 2 rings (SSSR count). The molecule has 1 amide bonds. The topological polar surface area (TPSA) is 44.7 Å². The Morgan fingerprint density at radius 2 is 1.87 bits per heavy atom. The number of carbonyl (C=O) groups excluding carboxylic acids is 1. The number of piperidine rings is 1. The molecule has 1 fully saturated rings. The first-order valence-corrected chi connectivity index (χ1v) is 5.69. The normalized spacial score (nSPS) is 24.3. The second-order valence-electron chi connectivity index (χ2n) is 3.99. The van der Waals surface area contributed by atoms with Crippen LogP contribution in [0.5, 0.6) is 0 Å². The summed E-state index contributed by atoms with van der Waals surface area (Å²) in [6.45, 7) is 7.78. The molecule has 0 bridgehead atoms. The van der Waals surface area contributed by atoms with Crippen molar-refractivity contribution in [1.29, 1.82) is 0 Å². The average Bonchev–Trinajstić information content (AvgIpc) is 2.50. The van der Waals surface area contributed by atoms with Gasteiger partial charge in [-0.2, -0.15) is 0 Å². The monoisotopic (exact) mass is 211 g/mol. The fraction of sp³-hybridized carbons (Fsp3) is 0.818. The van der Waals surface area contributed by atoms with Gasteiger partial charge in [0.2, 0.25) is 0 Å². The molecule has 0 unspecified atom stereocenters. The Bertz CT molecular complexity index is 265. The Kier molecular flexibility index (Phi) is 3.85. The molecule has 2 aliphatic heterocycles. The quantitative estimate of drug-likeness (QED) is 0.650. The van der Waals surface area contributed by atoms with Crippen molar-refractivity contribution in [1.82, 2.24) is 10.2 Å². The van der Waals surface area contributed by atoms with Crippen LogP contribution < -0.4 is 5.32 Å². The Hall–Kier alpha value is -0.900. The fourth-order valence-electron chi connectivity index (χ4n) is 2.01. The average molecular weight is 211 g/mol. The molecule has 4 nitrogen and oxygen atoms in total. The molecule has 0 atom stereocenters. The summed E-state index contributed by atoms with van der Waals surface area (Å²) < 4.78 is 0. The number of amides is 1. The van der Waals surface area contributed by atoms with Crippen LogP contribution in [0, 0.1) is 0 Å². The minimum atomic E-state index is -0.420. The van der Waals surface area contributed by atoms with E-state index in [1.54, 1.807) is 0 Å². The van der Waals surface area contributed by atoms with Crippen LogP contribution >= 0.6 is 0 Å². The first-order chi connectivity index (χ1) is 7.12. The maximum absolute atomic E-state index is 11.6. The molecule has 1 saturated heterocycles. The van der Waals surface area contributed by atoms with Gasteiger partial charge in [0.15, 0.2) is 0 Å². The Morgan fingerprint density at radius 1 is 1.33 bits per heavy atom. The van der Waals surface area contributed by atoms with E-state index < -0.39 is 5.54 Å². The van der Waals surface area contributed by atoms with Crippen LogP contribution in [0.15, 0.2) is 4.99 Å². The number of amidine groups is 1. The van der Waals surface area contributed by atoms with Crippen LogP contribution in [0.4, 0.5) is 0 Å². The van der Waals surface area contributed by atoms with E-state index in [-0.39, 0.29) is 5.91 Å². The lowest BCUT2D eigenvalue weighted by Crippen LogP contribution is -2.47. The van der Waals surface area contributed by atoms with Gasteiger partial charge in [-0.25, -0.2) is 0 Å². The molecule has 0 aromatic carbocycles. The van der Waals surface area contributed by atoms with Gasteiger partial charge in [0.1, 0.15) is 11.4 Å². The standard InChI is InChI=1S/C9H15N3O.C2H6/c1-7-10-8(13)9(11-7)3-5-12(2)6-4-9;1-2/h3-6H2,1-2H3,(H,10,11,13);1-2H3. The molecule has 15 heavy (non-hydrogen) atoms. The Labute approximate surface area is 91.7 Å². The number of carbonyl (C=O) groups is 1. The third-order valence-corrected chi connectivity index (χ3v) is 2.91. The van der Waals surface area contributed by atoms with E-state index in [1.807, 2.05) is 20.8 Å². The smallest absolute Gasteiger partial charge is 0.253 e. The molecule has 0 saturated carbocycles. The van der Waals surface area contributed by atoms with Gasteiger partial charge in [-0.15, -0.1) is 0 Å². The van der Waals surface area contributed by atoms with Crippen LogP contribution in [0.25, 0.3) is 0 Å². The second kappa shape index (κ2) is 4.75. The van der Waals surface area contributed by atoms with Gasteiger partial charge >= 0.3 is 0 Å². The SMILES string of the molecule is CC.CC1=NC2(CCN(C)CC2)C(=O)N1. The predicted molar refractivity (Wildman–Crippen MR) is 62.1 cm³/mol. The van der Waals surface area contributed by atoms with Gasteiger partial charge < -0.3 is 10.2 Å². The van der Waals surface area contributed by atoms with Crippen molar-refractivity contribution in [2.75, 3.05) is 20.1 Å². The van der Waals surface area contributed by atoms with Crippen LogP contribution in [-0.4, -0.2) is 42.3 Å². The highest BCUT2D eigenvalue weighted by Crippen LogP contribution is 2.28. The number of hydrogen-bond donors (Lipinski definition) is 1. The molecule has 2 heterocycles. The number of nitrogens with zero attached hydrogens (tertiary/aromatic N) is 2. The summed E-state index contributed by atoms with van der Waals surface area (Å²) in [6, 6.07) is 0. The molecule has 0 aromatic heterocycles. The molecular formula is C11H21N3O. The van der Waals surface area contributed by atoms with Crippen molar-refractivity contribution < 1.29 is 4.79 Å². The van der Waals surface area contributed by atoms with Crippen molar-refractivity contribution in [3.63, 3.8) is 0 Å². The summed E-state index contributed by atoms with van der Waals surface area (Å²) in [7, 11) is 2.08. The van der Waals surface area contributed by atoms with E-state index in [2.05, 4.69) is 22.3 Å². The van der Waals surface area contributed by atoms with E-state index in [0.717, 1.165) is 31.8 Å². The lowest BCUT2D eigenvalue weighted by atomic mass is 9.88. The van der Waals surface area contributed by atoms with Gasteiger partial charge in [0.25, 0.3) is 5.91 Å². The summed E-state index contributed by atoms with van der Waals surface area (Å²) in [5, 5.41) is 2.78. The van der Waals surface area contributed by atoms with Gasteiger partial charge in [0.05, 0.1) is 0 Å². The van der Waals surface area contributed by atoms with Crippen LogP contribution in [0.1, 0.15) is 33.6 Å². The minimum absolute atomic E-state index is 0.0955. The number of rotatable bonds is 0. The third-order valence-electron chi connectivity index (χ3n) is 2.91. The van der Waals surface area contributed by atoms with Gasteiger partial charge in [-0.3, -0.25) is 9.79 Å². The maximum Gasteiger partial charge on any atom is 0.253 e. The van der Waals surface area contributed by atoms with E-state index in [0.29, 0.717) is 0 Å². The van der Waals surface area contributed by atoms with Gasteiger partial charge in [-0.05, 0) is 26.8 Å². The largest absolute Gasteiger partial charge is 0.313 e. The van der Waals surface area contributed by atoms with Crippen LogP contribution in [-0.2, 0) is 4.79 Å². The molecule has 1 N–H and O–H groups in total. The summed E-state index contributed by atoms with van der Waals surface area (Å²) in [5.41, 5.74) is -0.420. The van der Waals surface area contributed by atoms with Crippen molar-refractivity contribution in [2.24, 2.45) is 4.99 Å². The molecule has 1 spiro atoms. The molecule has 4 heteroatoms. The highest BCUT2D eigenvalue weighted by Gasteiger charge is 2.44. The summed E-state index contributed by atoms with van der Waals surface area (Å²) >= 11 is 0. The van der Waals surface area contributed by atoms with E-state index in [9.17, 15) is 4.79 Å². The zero-order valence-corrected chi connectivity index (χ0v) is 10.1. The highest BCUT2D eigenvalue weighted by atomic mass is 16.2. The minimum Gasteiger partial charge on any atom is -0.313 e. The van der Waals surface area contributed by atoms with Gasteiger partial charge in [0, 0.05) is 13.1 Å². The Balaban J connectivity index is 0.000000531. The van der Waals surface area contributed by atoms with Gasteiger partial charge in [-0.1, -0.05) is 13.8 Å². The fourth-order valence-corrected chi connectivity index (χ4v) is 2.01. The Morgan fingerprint density at radius 3 is 2.27 bits per heavy atom. The predicted octanol–water partition coefficient (Wildman–Crippen LogP) is 1.03. The maximum atomic E-state index is 11.6.